The third-order valence-electron chi connectivity index (χ3n) is 3.57. The first kappa shape index (κ1) is 21.8. The standard InChI is InChI=1S/C18H15ClF2O6S/c1-10-3-6-16(27-18(20)21)13(7-10)15(22)9-26-17(23)12-8-11(28(2,24)25)4-5-14(12)19/h3-8,18H,9H2,1-2H3. The van der Waals surface area contributed by atoms with Gasteiger partial charge in [0.05, 0.1) is 21.0 Å². The molecule has 0 bridgehead atoms. The van der Waals surface area contributed by atoms with Crippen LogP contribution in [0.4, 0.5) is 8.78 Å². The Balaban J connectivity index is 2.20. The zero-order valence-corrected chi connectivity index (χ0v) is 16.3. The molecule has 0 aliphatic carbocycles. The number of esters is 1. The van der Waals surface area contributed by atoms with Crippen LogP contribution in [-0.4, -0.2) is 39.6 Å². The first-order valence-corrected chi connectivity index (χ1v) is 10.0. The molecule has 2 aromatic rings. The maximum absolute atomic E-state index is 12.5. The summed E-state index contributed by atoms with van der Waals surface area (Å²) in [5.74, 6) is -2.16. The molecule has 28 heavy (non-hydrogen) atoms. The predicted molar refractivity (Wildman–Crippen MR) is 97.0 cm³/mol. The van der Waals surface area contributed by atoms with E-state index in [1.165, 1.54) is 30.3 Å². The van der Waals surface area contributed by atoms with Gasteiger partial charge < -0.3 is 9.47 Å². The van der Waals surface area contributed by atoms with Crippen molar-refractivity contribution in [2.24, 2.45) is 0 Å². The lowest BCUT2D eigenvalue weighted by molar-refractivity contribution is -0.0502. The molecular weight excluding hydrogens is 418 g/mol. The largest absolute Gasteiger partial charge is 0.454 e. The van der Waals surface area contributed by atoms with E-state index in [1.807, 2.05) is 0 Å². The van der Waals surface area contributed by atoms with Gasteiger partial charge in [0.1, 0.15) is 5.75 Å². The summed E-state index contributed by atoms with van der Waals surface area (Å²) in [6, 6.07) is 7.49. The second-order valence-corrected chi connectivity index (χ2v) is 8.21. The Morgan fingerprint density at radius 1 is 1.11 bits per heavy atom. The highest BCUT2D eigenvalue weighted by Gasteiger charge is 2.20. The Morgan fingerprint density at radius 2 is 1.79 bits per heavy atom. The van der Waals surface area contributed by atoms with Crippen molar-refractivity contribution in [2.45, 2.75) is 18.4 Å². The van der Waals surface area contributed by atoms with Gasteiger partial charge in [-0.05, 0) is 37.3 Å². The lowest BCUT2D eigenvalue weighted by Crippen LogP contribution is -2.17. The highest BCUT2D eigenvalue weighted by molar-refractivity contribution is 7.90. The van der Waals surface area contributed by atoms with Gasteiger partial charge in [-0.2, -0.15) is 8.78 Å². The summed E-state index contributed by atoms with van der Waals surface area (Å²) in [6.45, 7) is -2.26. The van der Waals surface area contributed by atoms with Gasteiger partial charge >= 0.3 is 12.6 Å². The summed E-state index contributed by atoms with van der Waals surface area (Å²) in [4.78, 5) is 24.4. The molecule has 0 saturated carbocycles. The van der Waals surface area contributed by atoms with Crippen LogP contribution in [0.1, 0.15) is 26.3 Å². The number of ketones is 1. The fourth-order valence-corrected chi connectivity index (χ4v) is 3.08. The van der Waals surface area contributed by atoms with Crippen molar-refractivity contribution in [3.05, 3.63) is 58.1 Å². The van der Waals surface area contributed by atoms with Crippen LogP contribution >= 0.6 is 11.6 Å². The second kappa shape index (κ2) is 8.66. The van der Waals surface area contributed by atoms with E-state index in [2.05, 4.69) is 4.74 Å². The average molecular weight is 433 g/mol. The highest BCUT2D eigenvalue weighted by atomic mass is 35.5. The first-order valence-electron chi connectivity index (χ1n) is 7.74. The van der Waals surface area contributed by atoms with Gasteiger partial charge in [-0.3, -0.25) is 4.79 Å². The van der Waals surface area contributed by atoms with Crippen LogP contribution in [0.5, 0.6) is 5.75 Å². The van der Waals surface area contributed by atoms with E-state index in [9.17, 15) is 26.8 Å². The van der Waals surface area contributed by atoms with Crippen molar-refractivity contribution in [1.82, 2.24) is 0 Å². The molecule has 0 radical (unpaired) electrons. The molecule has 0 saturated heterocycles. The number of carbonyl (C=O) groups excluding carboxylic acids is 2. The van der Waals surface area contributed by atoms with Gasteiger partial charge in [-0.25, -0.2) is 13.2 Å². The van der Waals surface area contributed by atoms with E-state index in [-0.39, 0.29) is 26.8 Å². The molecule has 0 spiro atoms. The molecule has 0 unspecified atom stereocenters. The zero-order valence-electron chi connectivity index (χ0n) is 14.7. The topological polar surface area (TPSA) is 86.7 Å². The maximum atomic E-state index is 12.5. The van der Waals surface area contributed by atoms with Gasteiger partial charge in [0.2, 0.25) is 5.78 Å². The summed E-state index contributed by atoms with van der Waals surface area (Å²) >= 11 is 5.89. The third kappa shape index (κ3) is 5.49. The van der Waals surface area contributed by atoms with Crippen LogP contribution in [0.3, 0.4) is 0 Å². The Bertz CT molecular complexity index is 1020. The molecule has 0 aromatic heterocycles. The van der Waals surface area contributed by atoms with Crippen LogP contribution in [0.15, 0.2) is 41.3 Å². The number of carbonyl (C=O) groups is 2. The lowest BCUT2D eigenvalue weighted by atomic mass is 10.1. The van der Waals surface area contributed by atoms with Crippen LogP contribution in [0.25, 0.3) is 0 Å². The average Bonchev–Trinajstić information content (AvgIpc) is 2.59. The molecule has 6 nitrogen and oxygen atoms in total. The predicted octanol–water partition coefficient (Wildman–Crippen LogP) is 3.69. The minimum Gasteiger partial charge on any atom is -0.454 e. The Hall–Kier alpha value is -2.52. The molecule has 0 N–H and O–H groups in total. The van der Waals surface area contributed by atoms with E-state index in [1.54, 1.807) is 6.92 Å². The van der Waals surface area contributed by atoms with Crippen molar-refractivity contribution in [3.63, 3.8) is 0 Å². The number of Topliss-reactive ketones (excluding diaryl/α,β-unsaturated/α-hetero) is 1. The fourth-order valence-electron chi connectivity index (χ4n) is 2.24. The van der Waals surface area contributed by atoms with E-state index in [0.717, 1.165) is 12.3 Å². The Morgan fingerprint density at radius 3 is 2.39 bits per heavy atom. The normalized spacial score (nSPS) is 11.4. The number of halogens is 3. The number of sulfone groups is 1. The molecule has 0 amide bonds. The highest BCUT2D eigenvalue weighted by Crippen LogP contribution is 2.24. The number of hydrogen-bond donors (Lipinski definition) is 0. The van der Waals surface area contributed by atoms with E-state index in [0.29, 0.717) is 5.56 Å². The van der Waals surface area contributed by atoms with Crippen molar-refractivity contribution >= 4 is 33.2 Å². The van der Waals surface area contributed by atoms with Crippen molar-refractivity contribution in [1.29, 1.82) is 0 Å². The summed E-state index contributed by atoms with van der Waals surface area (Å²) in [5.41, 5.74) is 0.190. The van der Waals surface area contributed by atoms with Gasteiger partial charge in [0.25, 0.3) is 0 Å². The van der Waals surface area contributed by atoms with E-state index >= 15 is 0 Å². The molecule has 150 valence electrons. The number of alkyl halides is 2. The minimum absolute atomic E-state index is 0.0675. The molecule has 0 aliphatic rings. The molecule has 0 fully saturated rings. The molecule has 2 aromatic carbocycles. The SMILES string of the molecule is Cc1ccc(OC(F)F)c(C(=O)COC(=O)c2cc(S(C)(=O)=O)ccc2Cl)c1. The molecule has 0 atom stereocenters. The van der Waals surface area contributed by atoms with Crippen molar-refractivity contribution in [3.8, 4) is 5.75 Å². The van der Waals surface area contributed by atoms with Crippen molar-refractivity contribution in [2.75, 3.05) is 12.9 Å². The fraction of sp³-hybridized carbons (Fsp3) is 0.222. The van der Waals surface area contributed by atoms with Crippen molar-refractivity contribution < 1.29 is 36.3 Å². The zero-order chi connectivity index (χ0) is 21.1. The number of aryl methyl sites for hydroxylation is 1. The number of hydrogen-bond acceptors (Lipinski definition) is 6. The van der Waals surface area contributed by atoms with Crippen LogP contribution < -0.4 is 4.74 Å². The molecule has 0 aliphatic heterocycles. The smallest absolute Gasteiger partial charge is 0.387 e. The van der Waals surface area contributed by atoms with Gasteiger partial charge in [-0.1, -0.05) is 23.2 Å². The first-order chi connectivity index (χ1) is 13.0. The molecule has 10 heteroatoms. The molecule has 0 heterocycles. The number of benzene rings is 2. The molecule has 2 rings (SSSR count). The molecular formula is C18H15ClF2O6S. The van der Waals surface area contributed by atoms with Crippen LogP contribution in [0, 0.1) is 6.92 Å². The quantitative estimate of drug-likeness (QED) is 0.490. The second-order valence-electron chi connectivity index (χ2n) is 5.79. The van der Waals surface area contributed by atoms with Gasteiger partial charge in [0, 0.05) is 6.26 Å². The van der Waals surface area contributed by atoms with Gasteiger partial charge in [0.15, 0.2) is 16.4 Å². The lowest BCUT2D eigenvalue weighted by Gasteiger charge is -2.11. The summed E-state index contributed by atoms with van der Waals surface area (Å²) < 4.78 is 57.4. The van der Waals surface area contributed by atoms with E-state index in [4.69, 9.17) is 16.3 Å². The monoisotopic (exact) mass is 432 g/mol. The number of rotatable bonds is 7. The minimum atomic E-state index is -3.59. The Labute approximate surface area is 164 Å². The Kier molecular flexibility index (Phi) is 6.73. The van der Waals surface area contributed by atoms with Crippen LogP contribution in [0.2, 0.25) is 5.02 Å². The third-order valence-corrected chi connectivity index (χ3v) is 5.01. The summed E-state index contributed by atoms with van der Waals surface area (Å²) in [7, 11) is -3.59. The summed E-state index contributed by atoms with van der Waals surface area (Å²) in [6.07, 6.45) is 0.956. The number of ether oxygens (including phenoxy) is 2. The summed E-state index contributed by atoms with van der Waals surface area (Å²) in [5, 5.41) is -0.0675. The van der Waals surface area contributed by atoms with Crippen LogP contribution in [-0.2, 0) is 14.6 Å². The maximum Gasteiger partial charge on any atom is 0.387 e. The van der Waals surface area contributed by atoms with E-state index < -0.39 is 34.8 Å². The van der Waals surface area contributed by atoms with Gasteiger partial charge in [-0.15, -0.1) is 0 Å².